The predicted octanol–water partition coefficient (Wildman–Crippen LogP) is 3.06. The number of nitrogens with one attached hydrogen (secondary N) is 1. The monoisotopic (exact) mass is 277 g/mol. The smallest absolute Gasteiger partial charge is 0.118 e. The van der Waals surface area contributed by atoms with Crippen LogP contribution in [-0.2, 0) is 17.9 Å². The molecule has 0 aliphatic carbocycles. The number of methoxy groups -OCH3 is 1. The van der Waals surface area contributed by atoms with Crippen molar-refractivity contribution in [3.8, 4) is 5.75 Å². The molecule has 1 N–H and O–H groups in total. The van der Waals surface area contributed by atoms with Crippen molar-refractivity contribution < 1.29 is 9.47 Å². The molecule has 19 heavy (non-hydrogen) atoms. The first-order chi connectivity index (χ1) is 9.38. The fourth-order valence-corrected chi connectivity index (χ4v) is 2.36. The second-order valence-corrected chi connectivity index (χ2v) is 5.19. The number of ether oxygens (including phenoxy) is 2. The van der Waals surface area contributed by atoms with Crippen LogP contribution in [0, 0.1) is 0 Å². The molecule has 0 aliphatic heterocycles. The fourth-order valence-electron chi connectivity index (χ4n) is 1.68. The minimum absolute atomic E-state index is 0.644. The second kappa shape index (κ2) is 7.94. The zero-order valence-electron chi connectivity index (χ0n) is 11.1. The van der Waals surface area contributed by atoms with Crippen molar-refractivity contribution >= 4 is 11.3 Å². The second-order valence-electron chi connectivity index (χ2n) is 4.16. The standard InChI is InChI=1S/C15H19NO2S/c1-17-14-6-4-13(5-7-14)12-18-9-8-16-11-15-3-2-10-19-15/h2-7,10,16H,8-9,11-12H2,1H3. The van der Waals surface area contributed by atoms with E-state index in [1.54, 1.807) is 18.4 Å². The molecular formula is C15H19NO2S. The third-order valence-electron chi connectivity index (χ3n) is 2.73. The summed E-state index contributed by atoms with van der Waals surface area (Å²) < 4.78 is 10.7. The lowest BCUT2D eigenvalue weighted by atomic mass is 10.2. The highest BCUT2D eigenvalue weighted by molar-refractivity contribution is 7.09. The Labute approximate surface area is 118 Å². The van der Waals surface area contributed by atoms with Crippen LogP contribution < -0.4 is 10.1 Å². The van der Waals surface area contributed by atoms with Gasteiger partial charge in [0, 0.05) is 18.0 Å². The van der Waals surface area contributed by atoms with Crippen LogP contribution in [0.4, 0.5) is 0 Å². The molecule has 2 rings (SSSR count). The van der Waals surface area contributed by atoms with Crippen LogP contribution in [0.5, 0.6) is 5.75 Å². The molecule has 4 heteroatoms. The van der Waals surface area contributed by atoms with Crippen LogP contribution in [0.2, 0.25) is 0 Å². The minimum atomic E-state index is 0.644. The average molecular weight is 277 g/mol. The van der Waals surface area contributed by atoms with Crippen molar-refractivity contribution in [2.45, 2.75) is 13.2 Å². The Kier molecular flexibility index (Phi) is 5.88. The van der Waals surface area contributed by atoms with Gasteiger partial charge in [-0.05, 0) is 29.1 Å². The topological polar surface area (TPSA) is 30.5 Å². The van der Waals surface area contributed by atoms with Gasteiger partial charge < -0.3 is 14.8 Å². The molecule has 1 heterocycles. The van der Waals surface area contributed by atoms with Crippen LogP contribution >= 0.6 is 11.3 Å². The molecular weight excluding hydrogens is 258 g/mol. The molecule has 102 valence electrons. The van der Waals surface area contributed by atoms with Crippen molar-refractivity contribution in [2.75, 3.05) is 20.3 Å². The maximum atomic E-state index is 5.61. The molecule has 0 fully saturated rings. The van der Waals surface area contributed by atoms with E-state index in [1.807, 2.05) is 24.3 Å². The third kappa shape index (κ3) is 5.03. The highest BCUT2D eigenvalue weighted by Gasteiger charge is 1.96. The lowest BCUT2D eigenvalue weighted by Gasteiger charge is -2.06. The zero-order chi connectivity index (χ0) is 13.3. The molecule has 3 nitrogen and oxygen atoms in total. The highest BCUT2D eigenvalue weighted by atomic mass is 32.1. The van der Waals surface area contributed by atoms with E-state index in [9.17, 15) is 0 Å². The van der Waals surface area contributed by atoms with E-state index >= 15 is 0 Å². The molecule has 0 spiro atoms. The van der Waals surface area contributed by atoms with E-state index in [0.717, 1.165) is 25.4 Å². The molecule has 1 aromatic heterocycles. The molecule has 0 saturated heterocycles. The number of rotatable bonds is 8. The van der Waals surface area contributed by atoms with Crippen molar-refractivity contribution in [2.24, 2.45) is 0 Å². The van der Waals surface area contributed by atoms with Gasteiger partial charge in [-0.3, -0.25) is 0 Å². The van der Waals surface area contributed by atoms with Gasteiger partial charge in [-0.15, -0.1) is 11.3 Å². The van der Waals surface area contributed by atoms with Crippen molar-refractivity contribution in [3.63, 3.8) is 0 Å². The number of thiophene rings is 1. The Morgan fingerprint density at radius 1 is 1.16 bits per heavy atom. The first-order valence-corrected chi connectivity index (χ1v) is 7.20. The molecule has 0 saturated carbocycles. The van der Waals surface area contributed by atoms with Gasteiger partial charge >= 0.3 is 0 Å². The summed E-state index contributed by atoms with van der Waals surface area (Å²) in [6.07, 6.45) is 0. The van der Waals surface area contributed by atoms with Crippen molar-refractivity contribution in [1.29, 1.82) is 0 Å². The van der Waals surface area contributed by atoms with Gasteiger partial charge in [-0.1, -0.05) is 18.2 Å². The fraction of sp³-hybridized carbons (Fsp3) is 0.333. The van der Waals surface area contributed by atoms with E-state index in [1.165, 1.54) is 10.4 Å². The highest BCUT2D eigenvalue weighted by Crippen LogP contribution is 2.11. The Morgan fingerprint density at radius 2 is 2.00 bits per heavy atom. The Morgan fingerprint density at radius 3 is 2.68 bits per heavy atom. The molecule has 0 unspecified atom stereocenters. The summed E-state index contributed by atoms with van der Waals surface area (Å²) in [5.74, 6) is 0.876. The number of hydrogen-bond acceptors (Lipinski definition) is 4. The van der Waals surface area contributed by atoms with E-state index in [-0.39, 0.29) is 0 Å². The first kappa shape index (κ1) is 14.1. The SMILES string of the molecule is COc1ccc(COCCNCc2cccs2)cc1. The van der Waals surface area contributed by atoms with E-state index in [2.05, 4.69) is 22.8 Å². The molecule has 0 amide bonds. The maximum Gasteiger partial charge on any atom is 0.118 e. The first-order valence-electron chi connectivity index (χ1n) is 6.32. The van der Waals surface area contributed by atoms with Crippen molar-refractivity contribution in [3.05, 3.63) is 52.2 Å². The van der Waals surface area contributed by atoms with E-state index in [0.29, 0.717) is 6.61 Å². The average Bonchev–Trinajstić information content (AvgIpc) is 2.96. The van der Waals surface area contributed by atoms with Gasteiger partial charge in [0.05, 0.1) is 20.3 Å². The summed E-state index contributed by atoms with van der Waals surface area (Å²) in [5, 5.41) is 5.45. The molecule has 2 aromatic rings. The Bertz CT molecular complexity index is 454. The molecule has 0 bridgehead atoms. The van der Waals surface area contributed by atoms with Crippen LogP contribution in [0.1, 0.15) is 10.4 Å². The van der Waals surface area contributed by atoms with E-state index < -0.39 is 0 Å². The summed E-state index contributed by atoms with van der Waals surface area (Å²) in [7, 11) is 1.67. The van der Waals surface area contributed by atoms with Gasteiger partial charge in [0.25, 0.3) is 0 Å². The van der Waals surface area contributed by atoms with E-state index in [4.69, 9.17) is 9.47 Å². The number of benzene rings is 1. The summed E-state index contributed by atoms with van der Waals surface area (Å²) in [6, 6.07) is 12.2. The van der Waals surface area contributed by atoms with Crippen LogP contribution in [0.15, 0.2) is 41.8 Å². The van der Waals surface area contributed by atoms with Crippen molar-refractivity contribution in [1.82, 2.24) is 5.32 Å². The Balaban J connectivity index is 1.56. The summed E-state index contributed by atoms with van der Waals surface area (Å²) in [4.78, 5) is 1.36. The van der Waals surface area contributed by atoms with Gasteiger partial charge in [-0.25, -0.2) is 0 Å². The molecule has 1 aromatic carbocycles. The number of hydrogen-bond donors (Lipinski definition) is 1. The predicted molar refractivity (Wildman–Crippen MR) is 78.7 cm³/mol. The van der Waals surface area contributed by atoms with Crippen LogP contribution in [-0.4, -0.2) is 20.3 Å². The lowest BCUT2D eigenvalue weighted by Crippen LogP contribution is -2.18. The molecule has 0 atom stereocenters. The zero-order valence-corrected chi connectivity index (χ0v) is 11.9. The molecule has 0 aliphatic rings. The van der Waals surface area contributed by atoms with Gasteiger partial charge in [0.1, 0.15) is 5.75 Å². The minimum Gasteiger partial charge on any atom is -0.497 e. The third-order valence-corrected chi connectivity index (χ3v) is 3.61. The normalized spacial score (nSPS) is 10.6. The van der Waals surface area contributed by atoms with Gasteiger partial charge in [-0.2, -0.15) is 0 Å². The largest absolute Gasteiger partial charge is 0.497 e. The summed E-state index contributed by atoms with van der Waals surface area (Å²) >= 11 is 1.77. The van der Waals surface area contributed by atoms with Crippen LogP contribution in [0.25, 0.3) is 0 Å². The van der Waals surface area contributed by atoms with Gasteiger partial charge in [0.2, 0.25) is 0 Å². The lowest BCUT2D eigenvalue weighted by molar-refractivity contribution is 0.122. The van der Waals surface area contributed by atoms with Crippen LogP contribution in [0.3, 0.4) is 0 Å². The Hall–Kier alpha value is -1.36. The summed E-state index contributed by atoms with van der Waals surface area (Å²) in [5.41, 5.74) is 1.17. The summed E-state index contributed by atoms with van der Waals surface area (Å²) in [6.45, 7) is 3.15. The maximum absolute atomic E-state index is 5.61. The molecule has 0 radical (unpaired) electrons. The van der Waals surface area contributed by atoms with Gasteiger partial charge in [0.15, 0.2) is 0 Å². The quantitative estimate of drug-likeness (QED) is 0.752.